The van der Waals surface area contributed by atoms with E-state index in [1.54, 1.807) is 11.3 Å². The Hall–Kier alpha value is -2.44. The zero-order chi connectivity index (χ0) is 21.0. The summed E-state index contributed by atoms with van der Waals surface area (Å²) in [6.07, 6.45) is 4.38. The second-order valence-corrected chi connectivity index (χ2v) is 10.3. The van der Waals surface area contributed by atoms with Gasteiger partial charge in [-0.3, -0.25) is 4.68 Å². The lowest BCUT2D eigenvalue weighted by atomic mass is 9.89. The predicted octanol–water partition coefficient (Wildman–Crippen LogP) is 5.13. The molecule has 3 heterocycles. The molecule has 156 valence electrons. The van der Waals surface area contributed by atoms with E-state index in [9.17, 15) is 0 Å². The van der Waals surface area contributed by atoms with Gasteiger partial charge in [-0.05, 0) is 81.1 Å². The molecular weight excluding hydrogens is 390 g/mol. The van der Waals surface area contributed by atoms with E-state index in [0.717, 1.165) is 35.6 Å². The maximum absolute atomic E-state index is 4.95. The maximum Gasteiger partial charge on any atom is 0.186 e. The Kier molecular flexibility index (Phi) is 4.60. The quantitative estimate of drug-likeness (QED) is 0.500. The van der Waals surface area contributed by atoms with Gasteiger partial charge in [0.1, 0.15) is 0 Å². The second kappa shape index (κ2) is 7.06. The summed E-state index contributed by atoms with van der Waals surface area (Å²) in [6, 6.07) is 11.6. The average Bonchev–Trinajstić information content (AvgIpc) is 3.29. The number of nitrogens with zero attached hydrogens (tertiary/aromatic N) is 4. The summed E-state index contributed by atoms with van der Waals surface area (Å²) in [4.78, 5) is 7.34. The van der Waals surface area contributed by atoms with Gasteiger partial charge in [-0.2, -0.15) is 5.10 Å². The highest BCUT2D eigenvalue weighted by molar-refractivity contribution is 7.22. The van der Waals surface area contributed by atoms with Crippen molar-refractivity contribution in [3.05, 3.63) is 42.1 Å². The van der Waals surface area contributed by atoms with Gasteiger partial charge in [0.2, 0.25) is 0 Å². The van der Waals surface area contributed by atoms with Crippen molar-refractivity contribution in [1.82, 2.24) is 20.1 Å². The predicted molar refractivity (Wildman–Crippen MR) is 128 cm³/mol. The summed E-state index contributed by atoms with van der Waals surface area (Å²) in [6.45, 7) is 7.78. The van der Waals surface area contributed by atoms with E-state index < -0.39 is 0 Å². The third-order valence-electron chi connectivity index (χ3n) is 6.30. The topological polar surface area (TPSA) is 46.0 Å². The largest absolute Gasteiger partial charge is 0.348 e. The first-order valence-electron chi connectivity index (χ1n) is 10.6. The van der Waals surface area contributed by atoms with E-state index >= 15 is 0 Å². The van der Waals surface area contributed by atoms with Crippen molar-refractivity contribution < 1.29 is 0 Å². The van der Waals surface area contributed by atoms with E-state index in [-0.39, 0.29) is 5.54 Å². The molecule has 30 heavy (non-hydrogen) atoms. The molecule has 1 aliphatic rings. The summed E-state index contributed by atoms with van der Waals surface area (Å²) >= 11 is 1.80. The molecule has 1 N–H and O–H groups in total. The number of benzene rings is 2. The third-order valence-corrected chi connectivity index (χ3v) is 7.41. The number of anilines is 1. The van der Waals surface area contributed by atoms with Crippen LogP contribution in [0.1, 0.15) is 32.3 Å². The molecule has 1 atom stereocenters. The fraction of sp³-hybridized carbons (Fsp3) is 0.417. The number of aromatic nitrogens is 3. The number of aryl methyl sites for hydroxylation is 2. The van der Waals surface area contributed by atoms with E-state index in [2.05, 4.69) is 79.7 Å². The van der Waals surface area contributed by atoms with Crippen LogP contribution in [0.4, 0.5) is 5.13 Å². The molecule has 4 aromatic rings. The van der Waals surface area contributed by atoms with Crippen LogP contribution in [-0.2, 0) is 7.05 Å². The van der Waals surface area contributed by atoms with Gasteiger partial charge in [0.15, 0.2) is 5.13 Å². The van der Waals surface area contributed by atoms with Crippen LogP contribution in [0.2, 0.25) is 0 Å². The molecule has 0 bridgehead atoms. The molecule has 6 heteroatoms. The summed E-state index contributed by atoms with van der Waals surface area (Å²) < 4.78 is 3.13. The molecule has 5 rings (SSSR count). The molecule has 1 aliphatic heterocycles. The normalized spacial score (nSPS) is 18.9. The smallest absolute Gasteiger partial charge is 0.186 e. The average molecular weight is 420 g/mol. The minimum Gasteiger partial charge on any atom is -0.348 e. The van der Waals surface area contributed by atoms with Gasteiger partial charge in [-0.1, -0.05) is 17.4 Å². The van der Waals surface area contributed by atoms with Crippen LogP contribution >= 0.6 is 11.3 Å². The summed E-state index contributed by atoms with van der Waals surface area (Å²) in [5, 5.41) is 10.5. The Morgan fingerprint density at radius 1 is 1.20 bits per heavy atom. The Labute approximate surface area is 181 Å². The summed E-state index contributed by atoms with van der Waals surface area (Å²) in [5.41, 5.74) is 6.02. The molecule has 1 fully saturated rings. The molecule has 2 aromatic heterocycles. The molecule has 0 aliphatic carbocycles. The molecular formula is C24H29N5S. The van der Waals surface area contributed by atoms with Gasteiger partial charge < -0.3 is 10.2 Å². The Morgan fingerprint density at radius 3 is 2.83 bits per heavy atom. The van der Waals surface area contributed by atoms with Gasteiger partial charge in [-0.25, -0.2) is 4.98 Å². The number of fused-ring (bicyclic) bond motifs is 2. The van der Waals surface area contributed by atoms with Crippen molar-refractivity contribution in [1.29, 1.82) is 0 Å². The number of piperidine rings is 1. The Bertz CT molecular complexity index is 1240. The second-order valence-electron chi connectivity index (χ2n) is 9.28. The first-order chi connectivity index (χ1) is 14.3. The molecule has 5 nitrogen and oxygen atoms in total. The van der Waals surface area contributed by atoms with Gasteiger partial charge in [0.05, 0.1) is 15.7 Å². The van der Waals surface area contributed by atoms with Crippen molar-refractivity contribution in [2.24, 2.45) is 7.05 Å². The highest BCUT2D eigenvalue weighted by Crippen LogP contribution is 2.35. The van der Waals surface area contributed by atoms with E-state index in [1.807, 2.05) is 11.7 Å². The fourth-order valence-electron chi connectivity index (χ4n) is 4.67. The first kappa shape index (κ1) is 19.5. The molecule has 2 aromatic carbocycles. The van der Waals surface area contributed by atoms with E-state index in [4.69, 9.17) is 4.98 Å². The van der Waals surface area contributed by atoms with Crippen LogP contribution in [0.3, 0.4) is 0 Å². The van der Waals surface area contributed by atoms with Crippen molar-refractivity contribution in [3.8, 4) is 11.1 Å². The highest BCUT2D eigenvalue weighted by atomic mass is 32.1. The van der Waals surface area contributed by atoms with Crippen molar-refractivity contribution in [3.63, 3.8) is 0 Å². The number of hydrogen-bond acceptors (Lipinski definition) is 5. The van der Waals surface area contributed by atoms with Gasteiger partial charge in [0, 0.05) is 37.3 Å². The van der Waals surface area contributed by atoms with E-state index in [0.29, 0.717) is 6.04 Å². The standard InChI is InChI=1S/C24H29N5S/c1-15-10-17(11-18-14-28(4)27-22(15)18)16-6-7-20-21(12-16)30-23(26-20)29(5)19-8-9-25-24(2,3)13-19/h6-7,10-12,14,19,25H,8-9,13H2,1-5H3. The van der Waals surface area contributed by atoms with Crippen molar-refractivity contribution >= 4 is 37.6 Å². The molecule has 0 radical (unpaired) electrons. The number of rotatable bonds is 3. The van der Waals surface area contributed by atoms with Crippen LogP contribution < -0.4 is 10.2 Å². The third kappa shape index (κ3) is 3.48. The zero-order valence-corrected chi connectivity index (χ0v) is 19.2. The van der Waals surface area contributed by atoms with Crippen LogP contribution in [-0.4, -0.2) is 39.9 Å². The maximum atomic E-state index is 4.95. The van der Waals surface area contributed by atoms with Crippen LogP contribution in [0, 0.1) is 6.92 Å². The number of nitrogens with one attached hydrogen (secondary N) is 1. The van der Waals surface area contributed by atoms with Gasteiger partial charge in [-0.15, -0.1) is 0 Å². The van der Waals surface area contributed by atoms with Crippen molar-refractivity contribution in [2.75, 3.05) is 18.5 Å². The summed E-state index contributed by atoms with van der Waals surface area (Å²) in [5.74, 6) is 0. The van der Waals surface area contributed by atoms with Crippen LogP contribution in [0.15, 0.2) is 36.5 Å². The fourth-order valence-corrected chi connectivity index (χ4v) is 5.70. The Balaban J connectivity index is 1.48. The lowest BCUT2D eigenvalue weighted by molar-refractivity contribution is 0.271. The lowest BCUT2D eigenvalue weighted by Gasteiger charge is -2.40. The number of thiazole rings is 1. The molecule has 0 amide bonds. The molecule has 1 unspecified atom stereocenters. The highest BCUT2D eigenvalue weighted by Gasteiger charge is 2.30. The lowest BCUT2D eigenvalue weighted by Crippen LogP contribution is -2.52. The Morgan fingerprint density at radius 2 is 2.03 bits per heavy atom. The van der Waals surface area contributed by atoms with Gasteiger partial charge >= 0.3 is 0 Å². The minimum atomic E-state index is 0.184. The molecule has 0 spiro atoms. The van der Waals surface area contributed by atoms with Gasteiger partial charge in [0.25, 0.3) is 0 Å². The zero-order valence-electron chi connectivity index (χ0n) is 18.4. The van der Waals surface area contributed by atoms with E-state index in [1.165, 1.54) is 26.8 Å². The van der Waals surface area contributed by atoms with Crippen LogP contribution in [0.5, 0.6) is 0 Å². The summed E-state index contributed by atoms with van der Waals surface area (Å²) in [7, 11) is 4.17. The molecule has 1 saturated heterocycles. The minimum absolute atomic E-state index is 0.184. The monoisotopic (exact) mass is 419 g/mol. The number of hydrogen-bond donors (Lipinski definition) is 1. The van der Waals surface area contributed by atoms with Crippen molar-refractivity contribution in [2.45, 2.75) is 45.2 Å². The van der Waals surface area contributed by atoms with Crippen LogP contribution in [0.25, 0.3) is 32.2 Å². The first-order valence-corrected chi connectivity index (χ1v) is 11.4. The SMILES string of the molecule is Cc1cc(-c2ccc3nc(N(C)C4CCNC(C)(C)C4)sc3c2)cc2cn(C)nc12. The molecule has 0 saturated carbocycles.